The van der Waals surface area contributed by atoms with E-state index in [4.69, 9.17) is 9.47 Å². The largest absolute Gasteiger partial charge is 0.465 e. The molecule has 0 aromatic carbocycles. The van der Waals surface area contributed by atoms with Crippen LogP contribution in [0, 0.1) is 11.8 Å². The summed E-state index contributed by atoms with van der Waals surface area (Å²) < 4.78 is 10.6. The zero-order chi connectivity index (χ0) is 19.1. The SMILES string of the molecule is C=C(CC(=O)OC[C@H](CC)CCCC)C(=O)OC[C@H](CC)CCCC. The van der Waals surface area contributed by atoms with Gasteiger partial charge in [0.25, 0.3) is 0 Å². The van der Waals surface area contributed by atoms with Crippen LogP contribution >= 0.6 is 0 Å². The Bertz CT molecular complexity index is 389. The zero-order valence-corrected chi connectivity index (χ0v) is 16.8. The molecule has 4 nitrogen and oxygen atoms in total. The van der Waals surface area contributed by atoms with Crippen LogP contribution in [-0.2, 0) is 19.1 Å². The van der Waals surface area contributed by atoms with Gasteiger partial charge in [-0.25, -0.2) is 4.79 Å². The van der Waals surface area contributed by atoms with Crippen molar-refractivity contribution in [2.45, 2.75) is 85.5 Å². The van der Waals surface area contributed by atoms with Gasteiger partial charge in [0.2, 0.25) is 0 Å². The van der Waals surface area contributed by atoms with E-state index in [2.05, 4.69) is 34.3 Å². The van der Waals surface area contributed by atoms with Gasteiger partial charge in [0, 0.05) is 5.57 Å². The quantitative estimate of drug-likeness (QED) is 0.290. The van der Waals surface area contributed by atoms with Crippen molar-refractivity contribution in [1.29, 1.82) is 0 Å². The summed E-state index contributed by atoms with van der Waals surface area (Å²) in [5, 5.41) is 0. The van der Waals surface area contributed by atoms with E-state index >= 15 is 0 Å². The van der Waals surface area contributed by atoms with Gasteiger partial charge in [-0.2, -0.15) is 0 Å². The predicted octanol–water partition coefficient (Wildman–Crippen LogP) is 5.45. The average molecular weight is 355 g/mol. The minimum Gasteiger partial charge on any atom is -0.465 e. The lowest BCUT2D eigenvalue weighted by atomic mass is 10.0. The monoisotopic (exact) mass is 354 g/mol. The molecule has 0 unspecified atom stereocenters. The lowest BCUT2D eigenvalue weighted by Gasteiger charge is -2.16. The molecule has 0 radical (unpaired) electrons. The fraction of sp³-hybridized carbons (Fsp3) is 0.810. The zero-order valence-electron chi connectivity index (χ0n) is 16.8. The highest BCUT2D eigenvalue weighted by Crippen LogP contribution is 2.15. The minimum absolute atomic E-state index is 0.0885. The van der Waals surface area contributed by atoms with Crippen LogP contribution in [-0.4, -0.2) is 25.2 Å². The maximum atomic E-state index is 12.0. The molecule has 0 saturated heterocycles. The first-order valence-corrected chi connectivity index (χ1v) is 9.98. The molecule has 0 N–H and O–H groups in total. The molecule has 0 spiro atoms. The third kappa shape index (κ3) is 11.8. The number of unbranched alkanes of at least 4 members (excludes halogenated alkanes) is 2. The maximum Gasteiger partial charge on any atom is 0.333 e. The van der Waals surface area contributed by atoms with Crippen molar-refractivity contribution in [3.63, 3.8) is 0 Å². The predicted molar refractivity (Wildman–Crippen MR) is 102 cm³/mol. The van der Waals surface area contributed by atoms with E-state index in [9.17, 15) is 9.59 Å². The normalized spacial score (nSPS) is 13.1. The van der Waals surface area contributed by atoms with Gasteiger partial charge >= 0.3 is 11.9 Å². The molecule has 25 heavy (non-hydrogen) atoms. The molecule has 0 rings (SSSR count). The highest BCUT2D eigenvalue weighted by atomic mass is 16.5. The summed E-state index contributed by atoms with van der Waals surface area (Å²) in [6, 6.07) is 0. The summed E-state index contributed by atoms with van der Waals surface area (Å²) in [5.41, 5.74) is 0.178. The lowest BCUT2D eigenvalue weighted by molar-refractivity contribution is -0.147. The first-order chi connectivity index (χ1) is 12.0. The van der Waals surface area contributed by atoms with Gasteiger partial charge in [0.15, 0.2) is 0 Å². The van der Waals surface area contributed by atoms with Crippen molar-refractivity contribution in [2.75, 3.05) is 13.2 Å². The van der Waals surface area contributed by atoms with Crippen LogP contribution in [0.15, 0.2) is 12.2 Å². The van der Waals surface area contributed by atoms with Crippen LogP contribution in [0.2, 0.25) is 0 Å². The smallest absolute Gasteiger partial charge is 0.333 e. The third-order valence-corrected chi connectivity index (χ3v) is 4.66. The lowest BCUT2D eigenvalue weighted by Crippen LogP contribution is -2.18. The van der Waals surface area contributed by atoms with Gasteiger partial charge in [0.1, 0.15) is 0 Å². The molecule has 0 fully saturated rings. The average Bonchev–Trinajstić information content (AvgIpc) is 2.61. The van der Waals surface area contributed by atoms with Crippen molar-refractivity contribution in [3.8, 4) is 0 Å². The van der Waals surface area contributed by atoms with Crippen LogP contribution in [0.3, 0.4) is 0 Å². The van der Waals surface area contributed by atoms with E-state index in [1.807, 2.05) is 0 Å². The summed E-state index contributed by atoms with van der Waals surface area (Å²) in [6.45, 7) is 13.0. The molecule has 4 heteroatoms. The number of hydrogen-bond acceptors (Lipinski definition) is 4. The molecule has 146 valence electrons. The van der Waals surface area contributed by atoms with Crippen molar-refractivity contribution < 1.29 is 19.1 Å². The number of rotatable bonds is 15. The van der Waals surface area contributed by atoms with Gasteiger partial charge in [-0.3, -0.25) is 4.79 Å². The van der Waals surface area contributed by atoms with Crippen LogP contribution in [0.25, 0.3) is 0 Å². The molecule has 2 atom stereocenters. The first kappa shape index (κ1) is 23.7. The van der Waals surface area contributed by atoms with E-state index in [-0.39, 0.29) is 12.0 Å². The summed E-state index contributed by atoms with van der Waals surface area (Å²) in [4.78, 5) is 23.9. The molecule has 0 saturated carbocycles. The van der Waals surface area contributed by atoms with Gasteiger partial charge in [-0.15, -0.1) is 0 Å². The van der Waals surface area contributed by atoms with Crippen molar-refractivity contribution >= 4 is 11.9 Å². The van der Waals surface area contributed by atoms with Crippen molar-refractivity contribution in [2.24, 2.45) is 11.8 Å². The molecule has 0 aliphatic carbocycles. The Morgan fingerprint density at radius 1 is 0.840 bits per heavy atom. The molecular formula is C21H38O4. The second kappa shape index (κ2) is 15.0. The number of ether oxygens (including phenoxy) is 2. The second-order valence-corrected chi connectivity index (χ2v) is 6.89. The van der Waals surface area contributed by atoms with Crippen LogP contribution < -0.4 is 0 Å². The molecule has 0 aromatic rings. The molecule has 0 aliphatic heterocycles. The number of carbonyl (C=O) groups is 2. The standard InChI is InChI=1S/C21H38O4/c1-6-10-12-18(8-3)15-24-20(22)14-17(5)21(23)25-16-19(9-4)13-11-7-2/h18-19H,5-16H2,1-4H3/t18-,19-/m1/s1. The molecular weight excluding hydrogens is 316 g/mol. The van der Waals surface area contributed by atoms with E-state index in [1.54, 1.807) is 0 Å². The Hall–Kier alpha value is -1.32. The van der Waals surface area contributed by atoms with Gasteiger partial charge in [-0.05, 0) is 24.7 Å². The molecule has 0 aromatic heterocycles. The minimum atomic E-state index is -0.482. The Morgan fingerprint density at radius 3 is 1.76 bits per heavy atom. The molecule has 0 aliphatic rings. The molecule has 0 heterocycles. The van der Waals surface area contributed by atoms with Crippen LogP contribution in [0.5, 0.6) is 0 Å². The second-order valence-electron chi connectivity index (χ2n) is 6.89. The number of esters is 2. The van der Waals surface area contributed by atoms with Gasteiger partial charge < -0.3 is 9.47 Å². The van der Waals surface area contributed by atoms with Crippen molar-refractivity contribution in [1.82, 2.24) is 0 Å². The van der Waals surface area contributed by atoms with Crippen LogP contribution in [0.4, 0.5) is 0 Å². The maximum absolute atomic E-state index is 12.0. The highest BCUT2D eigenvalue weighted by molar-refractivity contribution is 5.93. The highest BCUT2D eigenvalue weighted by Gasteiger charge is 2.17. The fourth-order valence-electron chi connectivity index (χ4n) is 2.60. The summed E-state index contributed by atoms with van der Waals surface area (Å²) >= 11 is 0. The van der Waals surface area contributed by atoms with Gasteiger partial charge in [0.05, 0.1) is 19.6 Å². The Kier molecular flexibility index (Phi) is 14.2. The Morgan fingerprint density at radius 2 is 1.32 bits per heavy atom. The number of hydrogen-bond donors (Lipinski definition) is 0. The van der Waals surface area contributed by atoms with E-state index < -0.39 is 11.9 Å². The number of carbonyl (C=O) groups excluding carboxylic acids is 2. The van der Waals surface area contributed by atoms with Crippen LogP contribution in [0.1, 0.15) is 85.5 Å². The first-order valence-electron chi connectivity index (χ1n) is 9.98. The van der Waals surface area contributed by atoms with Gasteiger partial charge in [-0.1, -0.05) is 72.8 Å². The summed E-state index contributed by atoms with van der Waals surface area (Å²) in [5.74, 6) is -0.0969. The van der Waals surface area contributed by atoms with E-state index in [1.165, 1.54) is 0 Å². The van der Waals surface area contributed by atoms with E-state index in [0.717, 1.165) is 51.4 Å². The Balaban J connectivity index is 4.12. The summed E-state index contributed by atoms with van der Waals surface area (Å²) in [6.07, 6.45) is 8.58. The summed E-state index contributed by atoms with van der Waals surface area (Å²) in [7, 11) is 0. The van der Waals surface area contributed by atoms with Crippen molar-refractivity contribution in [3.05, 3.63) is 12.2 Å². The topological polar surface area (TPSA) is 52.6 Å². The van der Waals surface area contributed by atoms with E-state index in [0.29, 0.717) is 25.0 Å². The Labute approximate surface area is 154 Å². The molecule has 0 bridgehead atoms. The third-order valence-electron chi connectivity index (χ3n) is 4.66. The molecule has 0 amide bonds. The fourth-order valence-corrected chi connectivity index (χ4v) is 2.60.